The van der Waals surface area contributed by atoms with Gasteiger partial charge in [-0.2, -0.15) is 0 Å². The number of rotatable bonds is 1. The summed E-state index contributed by atoms with van der Waals surface area (Å²) < 4.78 is 1.10. The van der Waals surface area contributed by atoms with Gasteiger partial charge in [-0.15, -0.1) is 11.3 Å². The first-order chi connectivity index (χ1) is 6.59. The standard InChI is InChI=1S/C8H6N2O3S/c1-4-2-6(11)10-5(7(12)13)3-14-8(10)9-4/h2-3H,1H3,(H,12,13). The van der Waals surface area contributed by atoms with E-state index < -0.39 is 5.97 Å². The maximum absolute atomic E-state index is 11.5. The molecule has 0 aromatic carbocycles. The van der Waals surface area contributed by atoms with Crippen LogP contribution in [-0.2, 0) is 0 Å². The minimum atomic E-state index is -1.12. The highest BCUT2D eigenvalue weighted by Crippen LogP contribution is 2.12. The second-order valence-corrected chi connectivity index (χ2v) is 3.62. The second-order valence-electron chi connectivity index (χ2n) is 2.78. The molecule has 2 rings (SSSR count). The van der Waals surface area contributed by atoms with Crippen LogP contribution in [0.15, 0.2) is 16.2 Å². The Kier molecular flexibility index (Phi) is 1.85. The van der Waals surface area contributed by atoms with Crippen molar-refractivity contribution in [2.24, 2.45) is 0 Å². The Bertz CT molecular complexity index is 569. The first-order valence-electron chi connectivity index (χ1n) is 3.81. The summed E-state index contributed by atoms with van der Waals surface area (Å²) in [5, 5.41) is 10.2. The lowest BCUT2D eigenvalue weighted by atomic mass is 10.4. The van der Waals surface area contributed by atoms with Crippen molar-refractivity contribution in [3.8, 4) is 0 Å². The lowest BCUT2D eigenvalue weighted by Crippen LogP contribution is -2.17. The zero-order valence-electron chi connectivity index (χ0n) is 7.22. The van der Waals surface area contributed by atoms with E-state index >= 15 is 0 Å². The van der Waals surface area contributed by atoms with Crippen LogP contribution >= 0.6 is 11.3 Å². The van der Waals surface area contributed by atoms with E-state index in [0.717, 1.165) is 15.7 Å². The third-order valence-corrected chi connectivity index (χ3v) is 2.58. The molecule has 0 bridgehead atoms. The second kappa shape index (κ2) is 2.91. The first-order valence-corrected chi connectivity index (χ1v) is 4.69. The molecular weight excluding hydrogens is 204 g/mol. The van der Waals surface area contributed by atoms with Gasteiger partial charge < -0.3 is 5.11 Å². The van der Waals surface area contributed by atoms with Gasteiger partial charge >= 0.3 is 5.97 Å². The molecule has 5 nitrogen and oxygen atoms in total. The van der Waals surface area contributed by atoms with Gasteiger partial charge in [0.25, 0.3) is 5.56 Å². The Morgan fingerprint density at radius 1 is 1.64 bits per heavy atom. The van der Waals surface area contributed by atoms with Crippen LogP contribution in [0, 0.1) is 6.92 Å². The van der Waals surface area contributed by atoms with Crippen molar-refractivity contribution in [3.05, 3.63) is 33.2 Å². The quantitative estimate of drug-likeness (QED) is 0.754. The molecule has 2 heterocycles. The average Bonchev–Trinajstić information content (AvgIpc) is 2.47. The van der Waals surface area contributed by atoms with Gasteiger partial charge in [-0.1, -0.05) is 0 Å². The fourth-order valence-corrected chi connectivity index (χ4v) is 2.09. The first kappa shape index (κ1) is 8.89. The Labute approximate surface area is 82.3 Å². The Balaban J connectivity index is 2.93. The van der Waals surface area contributed by atoms with E-state index in [1.165, 1.54) is 11.4 Å². The number of carbonyl (C=O) groups is 1. The summed E-state index contributed by atoms with van der Waals surface area (Å²) in [5.74, 6) is -1.12. The highest BCUT2D eigenvalue weighted by atomic mass is 32.1. The average molecular weight is 210 g/mol. The monoisotopic (exact) mass is 210 g/mol. The van der Waals surface area contributed by atoms with Crippen molar-refractivity contribution in [3.63, 3.8) is 0 Å². The molecule has 0 aliphatic rings. The molecule has 14 heavy (non-hydrogen) atoms. The third kappa shape index (κ3) is 1.20. The molecule has 0 fully saturated rings. The van der Waals surface area contributed by atoms with Crippen LogP contribution < -0.4 is 5.56 Å². The molecule has 72 valence electrons. The van der Waals surface area contributed by atoms with Gasteiger partial charge in [0.1, 0.15) is 5.69 Å². The number of thiazole rings is 1. The topological polar surface area (TPSA) is 71.7 Å². The van der Waals surface area contributed by atoms with E-state index in [1.54, 1.807) is 6.92 Å². The molecule has 0 radical (unpaired) electrons. The van der Waals surface area contributed by atoms with E-state index in [1.807, 2.05) is 0 Å². The van der Waals surface area contributed by atoms with E-state index in [9.17, 15) is 9.59 Å². The molecular formula is C8H6N2O3S. The Morgan fingerprint density at radius 3 is 3.00 bits per heavy atom. The van der Waals surface area contributed by atoms with Gasteiger partial charge in [-0.05, 0) is 6.92 Å². The fraction of sp³-hybridized carbons (Fsp3) is 0.125. The minimum Gasteiger partial charge on any atom is -0.477 e. The van der Waals surface area contributed by atoms with Gasteiger partial charge in [0.15, 0.2) is 4.96 Å². The van der Waals surface area contributed by atoms with Crippen molar-refractivity contribution < 1.29 is 9.90 Å². The molecule has 0 spiro atoms. The molecule has 0 atom stereocenters. The normalized spacial score (nSPS) is 10.6. The predicted molar refractivity (Wildman–Crippen MR) is 51.0 cm³/mol. The van der Waals surface area contributed by atoms with Crippen molar-refractivity contribution in [2.45, 2.75) is 6.92 Å². The van der Waals surface area contributed by atoms with E-state index in [4.69, 9.17) is 5.11 Å². The maximum atomic E-state index is 11.5. The summed E-state index contributed by atoms with van der Waals surface area (Å²) in [6.45, 7) is 1.70. The van der Waals surface area contributed by atoms with Gasteiger partial charge in [0.2, 0.25) is 0 Å². The van der Waals surface area contributed by atoms with Crippen LogP contribution in [0.25, 0.3) is 4.96 Å². The molecule has 1 N–H and O–H groups in total. The van der Waals surface area contributed by atoms with Crippen LogP contribution in [0.3, 0.4) is 0 Å². The molecule has 0 unspecified atom stereocenters. The SMILES string of the molecule is Cc1cc(=O)n2c(C(=O)O)csc2n1. The summed E-state index contributed by atoms with van der Waals surface area (Å²) in [6.07, 6.45) is 0. The molecule has 2 aromatic rings. The number of carboxylic acid groups (broad SMARTS) is 1. The molecule has 0 saturated carbocycles. The number of nitrogens with zero attached hydrogens (tertiary/aromatic N) is 2. The molecule has 2 aromatic heterocycles. The number of carboxylic acids is 1. The van der Waals surface area contributed by atoms with Gasteiger partial charge in [0, 0.05) is 17.1 Å². The van der Waals surface area contributed by atoms with Crippen LogP contribution in [0.1, 0.15) is 16.2 Å². The highest BCUT2D eigenvalue weighted by Gasteiger charge is 2.12. The molecule has 0 aliphatic heterocycles. The molecule has 0 amide bonds. The van der Waals surface area contributed by atoms with Crippen molar-refractivity contribution in [1.82, 2.24) is 9.38 Å². The number of aromatic nitrogens is 2. The minimum absolute atomic E-state index is 0.0394. The van der Waals surface area contributed by atoms with Gasteiger partial charge in [-0.25, -0.2) is 14.2 Å². The van der Waals surface area contributed by atoms with Crippen molar-refractivity contribution in [1.29, 1.82) is 0 Å². The van der Waals surface area contributed by atoms with Crippen LogP contribution in [0.2, 0.25) is 0 Å². The molecule has 6 heteroatoms. The fourth-order valence-electron chi connectivity index (χ4n) is 1.18. The van der Waals surface area contributed by atoms with E-state index in [-0.39, 0.29) is 11.3 Å². The number of aryl methyl sites for hydroxylation is 1. The number of hydrogen-bond donors (Lipinski definition) is 1. The maximum Gasteiger partial charge on any atom is 0.353 e. The van der Waals surface area contributed by atoms with Crippen molar-refractivity contribution >= 4 is 22.3 Å². The van der Waals surface area contributed by atoms with Crippen molar-refractivity contribution in [2.75, 3.05) is 0 Å². The van der Waals surface area contributed by atoms with Crippen LogP contribution in [0.4, 0.5) is 0 Å². The number of hydrogen-bond acceptors (Lipinski definition) is 4. The zero-order chi connectivity index (χ0) is 10.3. The van der Waals surface area contributed by atoms with Crippen LogP contribution in [-0.4, -0.2) is 20.5 Å². The summed E-state index contributed by atoms with van der Waals surface area (Å²) >= 11 is 1.14. The summed E-state index contributed by atoms with van der Waals surface area (Å²) in [4.78, 5) is 26.7. The lowest BCUT2D eigenvalue weighted by molar-refractivity contribution is 0.0689. The van der Waals surface area contributed by atoms with E-state index in [2.05, 4.69) is 4.98 Å². The van der Waals surface area contributed by atoms with E-state index in [0.29, 0.717) is 10.7 Å². The largest absolute Gasteiger partial charge is 0.477 e. The third-order valence-electron chi connectivity index (χ3n) is 1.75. The lowest BCUT2D eigenvalue weighted by Gasteiger charge is -1.95. The highest BCUT2D eigenvalue weighted by molar-refractivity contribution is 7.15. The number of aromatic carboxylic acids is 1. The summed E-state index contributed by atoms with van der Waals surface area (Å²) in [7, 11) is 0. The smallest absolute Gasteiger partial charge is 0.353 e. The van der Waals surface area contributed by atoms with Crippen LogP contribution in [0.5, 0.6) is 0 Å². The Morgan fingerprint density at radius 2 is 2.36 bits per heavy atom. The molecule has 0 aliphatic carbocycles. The Hall–Kier alpha value is -1.69. The number of fused-ring (bicyclic) bond motifs is 1. The molecule has 0 saturated heterocycles. The van der Waals surface area contributed by atoms with Gasteiger partial charge in [-0.3, -0.25) is 4.79 Å². The predicted octanol–water partition coefficient (Wildman–Crippen LogP) is 0.763. The summed E-state index contributed by atoms with van der Waals surface area (Å²) in [6, 6.07) is 1.31. The zero-order valence-corrected chi connectivity index (χ0v) is 8.04. The summed E-state index contributed by atoms with van der Waals surface area (Å²) in [5.41, 5.74) is 0.197. The van der Waals surface area contributed by atoms with Gasteiger partial charge in [0.05, 0.1) is 0 Å².